The number of hydrogen-bond donors (Lipinski definition) is 1. The van der Waals surface area contributed by atoms with Crippen molar-refractivity contribution < 1.29 is 18.7 Å². The second-order valence-electron chi connectivity index (χ2n) is 6.17. The van der Waals surface area contributed by atoms with E-state index in [1.807, 2.05) is 31.2 Å². The number of nitrogens with one attached hydrogen (secondary N) is 1. The highest BCUT2D eigenvalue weighted by Gasteiger charge is 2.19. The van der Waals surface area contributed by atoms with Crippen molar-refractivity contribution in [3.63, 3.8) is 0 Å². The van der Waals surface area contributed by atoms with E-state index in [9.17, 15) is 9.59 Å². The highest BCUT2D eigenvalue weighted by atomic mass is 16.5. The van der Waals surface area contributed by atoms with Crippen molar-refractivity contribution in [1.82, 2.24) is 0 Å². The van der Waals surface area contributed by atoms with Crippen molar-refractivity contribution in [3.05, 3.63) is 77.0 Å². The quantitative estimate of drug-likeness (QED) is 0.648. The van der Waals surface area contributed by atoms with Crippen LogP contribution in [0, 0.1) is 13.8 Å². The molecule has 5 nitrogen and oxygen atoms in total. The number of aryl methyl sites for hydroxylation is 2. The number of anilines is 1. The summed E-state index contributed by atoms with van der Waals surface area (Å²) in [4.78, 5) is 24.8. The molecule has 138 valence electrons. The molecule has 5 heteroatoms. The van der Waals surface area contributed by atoms with Gasteiger partial charge in [0.25, 0.3) is 5.91 Å². The first-order valence-electron chi connectivity index (χ1n) is 8.74. The van der Waals surface area contributed by atoms with Crippen LogP contribution in [0.25, 0.3) is 11.3 Å². The van der Waals surface area contributed by atoms with Crippen LogP contribution in [0.5, 0.6) is 0 Å². The van der Waals surface area contributed by atoms with Gasteiger partial charge in [0.15, 0.2) is 0 Å². The molecule has 0 aliphatic rings. The minimum atomic E-state index is -0.474. The minimum absolute atomic E-state index is 0.266. The van der Waals surface area contributed by atoms with E-state index in [4.69, 9.17) is 9.15 Å². The van der Waals surface area contributed by atoms with E-state index in [1.54, 1.807) is 44.2 Å². The number of esters is 1. The summed E-state index contributed by atoms with van der Waals surface area (Å²) in [5.74, 6) is 0.317. The fraction of sp³-hybridized carbons (Fsp3) is 0.182. The van der Waals surface area contributed by atoms with Gasteiger partial charge in [-0.25, -0.2) is 4.79 Å². The zero-order valence-corrected chi connectivity index (χ0v) is 15.5. The fourth-order valence-electron chi connectivity index (χ4n) is 2.74. The van der Waals surface area contributed by atoms with Gasteiger partial charge >= 0.3 is 5.97 Å². The van der Waals surface area contributed by atoms with Crippen molar-refractivity contribution in [1.29, 1.82) is 0 Å². The van der Waals surface area contributed by atoms with Crippen LogP contribution in [0.2, 0.25) is 0 Å². The van der Waals surface area contributed by atoms with E-state index >= 15 is 0 Å². The molecule has 0 saturated heterocycles. The number of rotatable bonds is 5. The van der Waals surface area contributed by atoms with Gasteiger partial charge < -0.3 is 14.5 Å². The number of ether oxygens (including phenoxy) is 1. The Bertz CT molecular complexity index is 970. The molecule has 3 aromatic rings. The van der Waals surface area contributed by atoms with E-state index in [0.717, 1.165) is 11.1 Å². The Morgan fingerprint density at radius 1 is 1.00 bits per heavy atom. The van der Waals surface area contributed by atoms with Crippen LogP contribution in [0.15, 0.2) is 59.0 Å². The van der Waals surface area contributed by atoms with Crippen LogP contribution >= 0.6 is 0 Å². The van der Waals surface area contributed by atoms with Gasteiger partial charge in [-0.1, -0.05) is 42.0 Å². The Morgan fingerprint density at radius 2 is 1.70 bits per heavy atom. The molecule has 3 rings (SSSR count). The predicted molar refractivity (Wildman–Crippen MR) is 104 cm³/mol. The lowest BCUT2D eigenvalue weighted by Crippen LogP contribution is -2.16. The summed E-state index contributed by atoms with van der Waals surface area (Å²) in [7, 11) is 0. The molecule has 0 bridgehead atoms. The molecule has 1 amide bonds. The fourth-order valence-corrected chi connectivity index (χ4v) is 2.74. The van der Waals surface area contributed by atoms with Gasteiger partial charge in [-0.3, -0.25) is 4.79 Å². The molecule has 1 heterocycles. The van der Waals surface area contributed by atoms with Crippen LogP contribution in [0.1, 0.15) is 39.0 Å². The highest BCUT2D eigenvalue weighted by molar-refractivity contribution is 6.08. The molecule has 27 heavy (non-hydrogen) atoms. The lowest BCUT2D eigenvalue weighted by molar-refractivity contribution is 0.0527. The Labute approximate surface area is 158 Å². The summed E-state index contributed by atoms with van der Waals surface area (Å²) < 4.78 is 10.8. The molecule has 2 aromatic carbocycles. The largest absolute Gasteiger partial charge is 0.462 e. The molecule has 1 aromatic heterocycles. The molecule has 0 radical (unpaired) electrons. The van der Waals surface area contributed by atoms with Gasteiger partial charge in [0.05, 0.1) is 23.4 Å². The van der Waals surface area contributed by atoms with Crippen LogP contribution in [-0.4, -0.2) is 18.5 Å². The highest BCUT2D eigenvalue weighted by Crippen LogP contribution is 2.27. The molecule has 0 atom stereocenters. The smallest absolute Gasteiger partial charge is 0.340 e. The number of para-hydroxylation sites is 1. The van der Waals surface area contributed by atoms with E-state index < -0.39 is 5.97 Å². The minimum Gasteiger partial charge on any atom is -0.462 e. The molecular formula is C22H21NO4. The van der Waals surface area contributed by atoms with Crippen molar-refractivity contribution in [2.75, 3.05) is 11.9 Å². The summed E-state index contributed by atoms with van der Waals surface area (Å²) in [5, 5.41) is 2.78. The average molecular weight is 363 g/mol. The van der Waals surface area contributed by atoms with Crippen molar-refractivity contribution in [2.24, 2.45) is 0 Å². The van der Waals surface area contributed by atoms with Crippen LogP contribution in [0.3, 0.4) is 0 Å². The SMILES string of the molecule is CCOC(=O)c1ccccc1NC(=O)c1cc(-c2ccc(C)cc2)oc1C. The summed E-state index contributed by atoms with van der Waals surface area (Å²) in [6.07, 6.45) is 0. The van der Waals surface area contributed by atoms with E-state index in [-0.39, 0.29) is 12.5 Å². The Kier molecular flexibility index (Phi) is 5.41. The van der Waals surface area contributed by atoms with Crippen LogP contribution in [-0.2, 0) is 4.74 Å². The number of furan rings is 1. The third-order valence-electron chi connectivity index (χ3n) is 4.17. The number of carbonyl (C=O) groups excluding carboxylic acids is 2. The first-order valence-corrected chi connectivity index (χ1v) is 8.74. The monoisotopic (exact) mass is 363 g/mol. The predicted octanol–water partition coefficient (Wildman–Crippen LogP) is 4.99. The van der Waals surface area contributed by atoms with Gasteiger partial charge in [-0.2, -0.15) is 0 Å². The summed E-state index contributed by atoms with van der Waals surface area (Å²) in [5.41, 5.74) is 3.18. The van der Waals surface area contributed by atoms with E-state index in [2.05, 4.69) is 5.32 Å². The summed E-state index contributed by atoms with van der Waals surface area (Å²) in [6, 6.07) is 16.3. The third-order valence-corrected chi connectivity index (χ3v) is 4.17. The number of carbonyl (C=O) groups is 2. The average Bonchev–Trinajstić information content (AvgIpc) is 3.05. The third kappa shape index (κ3) is 4.08. The Balaban J connectivity index is 1.86. The molecule has 1 N–H and O–H groups in total. The number of amides is 1. The lowest BCUT2D eigenvalue weighted by atomic mass is 10.1. The zero-order chi connectivity index (χ0) is 19.4. The second-order valence-corrected chi connectivity index (χ2v) is 6.17. The molecule has 0 aliphatic carbocycles. The maximum absolute atomic E-state index is 12.7. The van der Waals surface area contributed by atoms with Gasteiger partial charge in [-0.05, 0) is 39.0 Å². The van der Waals surface area contributed by atoms with Crippen molar-refractivity contribution in [3.8, 4) is 11.3 Å². The van der Waals surface area contributed by atoms with Crippen LogP contribution < -0.4 is 5.32 Å². The van der Waals surface area contributed by atoms with E-state index in [0.29, 0.717) is 28.3 Å². The summed E-state index contributed by atoms with van der Waals surface area (Å²) >= 11 is 0. The molecule has 0 saturated carbocycles. The van der Waals surface area contributed by atoms with Gasteiger partial charge in [0, 0.05) is 5.56 Å². The molecule has 0 unspecified atom stereocenters. The lowest BCUT2D eigenvalue weighted by Gasteiger charge is -2.09. The van der Waals surface area contributed by atoms with Gasteiger partial charge in [0.1, 0.15) is 11.5 Å². The Hall–Kier alpha value is -3.34. The van der Waals surface area contributed by atoms with Crippen molar-refractivity contribution >= 4 is 17.6 Å². The van der Waals surface area contributed by atoms with E-state index in [1.165, 1.54) is 0 Å². The van der Waals surface area contributed by atoms with Crippen molar-refractivity contribution in [2.45, 2.75) is 20.8 Å². The standard InChI is InChI=1S/C22H21NO4/c1-4-26-22(25)17-7-5-6-8-19(17)23-21(24)18-13-20(27-15(18)3)16-11-9-14(2)10-12-16/h5-13H,4H2,1-3H3,(H,23,24). The Morgan fingerprint density at radius 3 is 2.41 bits per heavy atom. The summed E-state index contributed by atoms with van der Waals surface area (Å²) in [6.45, 7) is 5.75. The first-order chi connectivity index (χ1) is 13.0. The maximum atomic E-state index is 12.7. The maximum Gasteiger partial charge on any atom is 0.340 e. The normalized spacial score (nSPS) is 10.5. The van der Waals surface area contributed by atoms with Gasteiger partial charge in [-0.15, -0.1) is 0 Å². The first kappa shape index (κ1) is 18.5. The molecule has 0 spiro atoms. The number of benzene rings is 2. The van der Waals surface area contributed by atoms with Crippen LogP contribution in [0.4, 0.5) is 5.69 Å². The molecule has 0 aliphatic heterocycles. The molecule has 0 fully saturated rings. The second kappa shape index (κ2) is 7.91. The topological polar surface area (TPSA) is 68.5 Å². The zero-order valence-electron chi connectivity index (χ0n) is 15.5. The number of hydrogen-bond acceptors (Lipinski definition) is 4. The molecular weight excluding hydrogens is 342 g/mol. The van der Waals surface area contributed by atoms with Gasteiger partial charge in [0.2, 0.25) is 0 Å².